The van der Waals surface area contributed by atoms with Crippen LogP contribution in [0.4, 0.5) is 10.5 Å². The topological polar surface area (TPSA) is 59.1 Å². The molecule has 2 aromatic carbocycles. The Hall–Kier alpha value is -3.02. The van der Waals surface area contributed by atoms with Gasteiger partial charge in [0.05, 0.1) is 12.1 Å². The summed E-state index contributed by atoms with van der Waals surface area (Å²) < 4.78 is 10.6. The van der Waals surface area contributed by atoms with Gasteiger partial charge < -0.3 is 19.3 Å². The molecule has 3 aliphatic rings. The van der Waals surface area contributed by atoms with Gasteiger partial charge in [0.25, 0.3) is 0 Å². The predicted molar refractivity (Wildman–Crippen MR) is 122 cm³/mol. The van der Waals surface area contributed by atoms with E-state index in [1.165, 1.54) is 22.4 Å². The Bertz CT molecular complexity index is 1040. The molecule has 5 rings (SSSR count). The van der Waals surface area contributed by atoms with Crippen LogP contribution in [0.1, 0.15) is 68.8 Å². The molecule has 3 heterocycles. The van der Waals surface area contributed by atoms with E-state index in [1.54, 1.807) is 0 Å². The van der Waals surface area contributed by atoms with Crippen LogP contribution in [0.5, 0.6) is 5.75 Å². The highest BCUT2D eigenvalue weighted by Gasteiger charge is 2.41. The smallest absolute Gasteiger partial charge is 0.428 e. The molecule has 0 radical (unpaired) electrons. The minimum absolute atomic E-state index is 0.108. The van der Waals surface area contributed by atoms with Crippen molar-refractivity contribution in [2.75, 3.05) is 18.0 Å². The number of rotatable bonds is 3. The van der Waals surface area contributed by atoms with Gasteiger partial charge in [-0.3, -0.25) is 4.79 Å². The first kappa shape index (κ1) is 20.9. The molecule has 2 atom stereocenters. The van der Waals surface area contributed by atoms with Gasteiger partial charge in [-0.1, -0.05) is 30.3 Å². The Labute approximate surface area is 189 Å². The molecule has 6 heteroatoms. The van der Waals surface area contributed by atoms with Gasteiger partial charge >= 0.3 is 6.16 Å². The van der Waals surface area contributed by atoms with Crippen molar-refractivity contribution < 1.29 is 19.1 Å². The van der Waals surface area contributed by atoms with Crippen molar-refractivity contribution in [2.45, 2.75) is 64.1 Å². The maximum atomic E-state index is 12.6. The van der Waals surface area contributed by atoms with E-state index in [9.17, 15) is 9.59 Å². The summed E-state index contributed by atoms with van der Waals surface area (Å²) in [6.07, 6.45) is 2.79. The third-order valence-electron chi connectivity index (χ3n) is 6.58. The summed E-state index contributed by atoms with van der Waals surface area (Å²) in [6, 6.07) is 14.5. The van der Waals surface area contributed by atoms with Crippen LogP contribution >= 0.6 is 0 Å². The van der Waals surface area contributed by atoms with Crippen molar-refractivity contribution in [1.29, 1.82) is 0 Å². The van der Waals surface area contributed by atoms with Gasteiger partial charge in [-0.15, -0.1) is 0 Å². The monoisotopic (exact) mass is 434 g/mol. The number of carbonyl (C=O) groups excluding carboxylic acids is 2. The van der Waals surface area contributed by atoms with E-state index in [-0.39, 0.29) is 18.0 Å². The molecule has 0 bridgehead atoms. The van der Waals surface area contributed by atoms with Crippen molar-refractivity contribution in [3.8, 4) is 5.75 Å². The van der Waals surface area contributed by atoms with E-state index < -0.39 is 11.8 Å². The Balaban J connectivity index is 1.42. The molecule has 168 valence electrons. The average molecular weight is 435 g/mol. The van der Waals surface area contributed by atoms with E-state index in [2.05, 4.69) is 28.0 Å². The SMILES string of the molecule is CC(C)(C)OC(=O)Oc1ccc(C2CC(N3CCCC3=O)c3cccc4c3N2CC4)cc1. The molecule has 32 heavy (non-hydrogen) atoms. The first-order valence-corrected chi connectivity index (χ1v) is 11.5. The Kier molecular flexibility index (Phi) is 5.11. The first-order valence-electron chi connectivity index (χ1n) is 11.5. The molecular formula is C26H30N2O4. The van der Waals surface area contributed by atoms with E-state index in [1.807, 2.05) is 45.0 Å². The van der Waals surface area contributed by atoms with Crippen LogP contribution in [0.15, 0.2) is 42.5 Å². The lowest BCUT2D eigenvalue weighted by molar-refractivity contribution is -0.130. The first-order chi connectivity index (χ1) is 15.3. The lowest BCUT2D eigenvalue weighted by atomic mass is 9.86. The Morgan fingerprint density at radius 2 is 1.75 bits per heavy atom. The van der Waals surface area contributed by atoms with Gasteiger partial charge in [0.15, 0.2) is 0 Å². The molecule has 3 aliphatic heterocycles. The minimum Gasteiger partial charge on any atom is -0.428 e. The zero-order valence-electron chi connectivity index (χ0n) is 19.0. The molecular weight excluding hydrogens is 404 g/mol. The molecule has 0 spiro atoms. The van der Waals surface area contributed by atoms with Gasteiger partial charge in [-0.25, -0.2) is 4.79 Å². The lowest BCUT2D eigenvalue weighted by Gasteiger charge is -2.43. The van der Waals surface area contributed by atoms with Crippen LogP contribution < -0.4 is 9.64 Å². The van der Waals surface area contributed by atoms with Gasteiger partial charge in [-0.2, -0.15) is 0 Å². The zero-order chi connectivity index (χ0) is 22.5. The number of carbonyl (C=O) groups is 2. The number of likely N-dealkylation sites (tertiary alicyclic amines) is 1. The minimum atomic E-state index is -0.700. The third kappa shape index (κ3) is 3.83. The number of benzene rings is 2. The molecule has 0 aliphatic carbocycles. The zero-order valence-corrected chi connectivity index (χ0v) is 19.0. The predicted octanol–water partition coefficient (Wildman–Crippen LogP) is 5.17. The summed E-state index contributed by atoms with van der Waals surface area (Å²) in [4.78, 5) is 29.2. The highest BCUT2D eigenvalue weighted by Crippen LogP contribution is 2.50. The van der Waals surface area contributed by atoms with Crippen molar-refractivity contribution >= 4 is 17.7 Å². The molecule has 0 N–H and O–H groups in total. The third-order valence-corrected chi connectivity index (χ3v) is 6.58. The molecule has 1 amide bonds. The van der Waals surface area contributed by atoms with Crippen LogP contribution in [-0.2, 0) is 16.0 Å². The summed E-state index contributed by atoms with van der Waals surface area (Å²) >= 11 is 0. The second-order valence-electron chi connectivity index (χ2n) is 9.89. The van der Waals surface area contributed by atoms with Crippen LogP contribution in [0, 0.1) is 0 Å². The van der Waals surface area contributed by atoms with Crippen molar-refractivity contribution in [2.24, 2.45) is 0 Å². The number of ether oxygens (including phenoxy) is 2. The molecule has 2 unspecified atom stereocenters. The number of hydrogen-bond donors (Lipinski definition) is 0. The highest BCUT2D eigenvalue weighted by atomic mass is 16.7. The molecule has 1 saturated heterocycles. The maximum absolute atomic E-state index is 12.6. The summed E-state index contributed by atoms with van der Waals surface area (Å²) in [6.45, 7) is 7.24. The summed E-state index contributed by atoms with van der Waals surface area (Å²) in [5, 5.41) is 0. The fourth-order valence-corrected chi connectivity index (χ4v) is 5.30. The number of hydrogen-bond acceptors (Lipinski definition) is 5. The standard InChI is InChI=1S/C26H30N2O4/c1-26(2,3)32-25(30)31-19-11-9-17(10-12-19)21-16-22(27-14-5-8-23(27)29)20-7-4-6-18-13-15-28(21)24(18)20/h4,6-7,9-12,21-22H,5,8,13-16H2,1-3H3. The van der Waals surface area contributed by atoms with Crippen molar-refractivity contribution in [1.82, 2.24) is 4.90 Å². The lowest BCUT2D eigenvalue weighted by Crippen LogP contribution is -2.39. The van der Waals surface area contributed by atoms with Crippen LogP contribution in [-0.4, -0.2) is 35.7 Å². The Morgan fingerprint density at radius 1 is 0.969 bits per heavy atom. The molecule has 0 saturated carbocycles. The Morgan fingerprint density at radius 3 is 2.44 bits per heavy atom. The second kappa shape index (κ2) is 7.84. The van der Waals surface area contributed by atoms with Gasteiger partial charge in [0.1, 0.15) is 11.4 Å². The van der Waals surface area contributed by atoms with E-state index in [4.69, 9.17) is 9.47 Å². The van der Waals surface area contributed by atoms with Gasteiger partial charge in [0.2, 0.25) is 5.91 Å². The maximum Gasteiger partial charge on any atom is 0.514 e. The number of amides is 1. The molecule has 2 aromatic rings. The normalized spacial score (nSPS) is 22.2. The van der Waals surface area contributed by atoms with E-state index in [0.717, 1.165) is 32.4 Å². The largest absolute Gasteiger partial charge is 0.514 e. The fraction of sp³-hybridized carbons (Fsp3) is 0.462. The molecule has 6 nitrogen and oxygen atoms in total. The van der Waals surface area contributed by atoms with Crippen LogP contribution in [0.25, 0.3) is 0 Å². The van der Waals surface area contributed by atoms with Gasteiger partial charge in [0, 0.05) is 25.2 Å². The average Bonchev–Trinajstić information content (AvgIpc) is 3.35. The van der Waals surface area contributed by atoms with Crippen molar-refractivity contribution in [3.63, 3.8) is 0 Å². The number of nitrogens with zero attached hydrogens (tertiary/aromatic N) is 2. The highest BCUT2D eigenvalue weighted by molar-refractivity contribution is 5.80. The van der Waals surface area contributed by atoms with Crippen LogP contribution in [0.2, 0.25) is 0 Å². The quantitative estimate of drug-likeness (QED) is 0.493. The summed E-state index contributed by atoms with van der Waals surface area (Å²) in [5.74, 6) is 0.728. The summed E-state index contributed by atoms with van der Waals surface area (Å²) in [7, 11) is 0. The van der Waals surface area contributed by atoms with E-state index >= 15 is 0 Å². The van der Waals surface area contributed by atoms with Crippen molar-refractivity contribution in [3.05, 3.63) is 59.2 Å². The molecule has 1 fully saturated rings. The second-order valence-corrected chi connectivity index (χ2v) is 9.89. The number of anilines is 1. The number of para-hydroxylation sites is 1. The fourth-order valence-electron chi connectivity index (χ4n) is 5.30. The molecule has 0 aromatic heterocycles. The van der Waals surface area contributed by atoms with E-state index in [0.29, 0.717) is 12.2 Å². The van der Waals surface area contributed by atoms with Crippen LogP contribution in [0.3, 0.4) is 0 Å². The summed E-state index contributed by atoms with van der Waals surface area (Å²) in [5.41, 5.74) is 4.54. The van der Waals surface area contributed by atoms with Gasteiger partial charge in [-0.05, 0) is 68.9 Å².